The predicted octanol–water partition coefficient (Wildman–Crippen LogP) is 2.34. The van der Waals surface area contributed by atoms with Crippen LogP contribution in [0.1, 0.15) is 11.8 Å². The average Bonchev–Trinajstić information content (AvgIpc) is 2.63. The van der Waals surface area contributed by atoms with Crippen molar-refractivity contribution in [3.63, 3.8) is 0 Å². The Morgan fingerprint density at radius 1 is 1.60 bits per heavy atom. The smallest absolute Gasteiger partial charge is 0.206 e. The van der Waals surface area contributed by atoms with Gasteiger partial charge in [0.1, 0.15) is 4.21 Å². The lowest BCUT2D eigenvalue weighted by atomic mass is 10.4. The fraction of sp³-hybridized carbons (Fsp3) is 0.333. The van der Waals surface area contributed by atoms with Crippen molar-refractivity contribution < 1.29 is 8.42 Å². The number of sulfonamides is 1. The summed E-state index contributed by atoms with van der Waals surface area (Å²) in [4.78, 5) is 1.04. The summed E-state index contributed by atoms with van der Waals surface area (Å²) in [5.74, 6) is 0. The first kappa shape index (κ1) is 12.7. The van der Waals surface area contributed by atoms with Crippen LogP contribution in [0.5, 0.6) is 0 Å². The summed E-state index contributed by atoms with van der Waals surface area (Å²) in [6.07, 6.45) is 0.836. The van der Waals surface area contributed by atoms with Gasteiger partial charge in [0.15, 0.2) is 0 Å². The lowest BCUT2D eigenvalue weighted by Gasteiger charge is -2.02. The second kappa shape index (κ2) is 5.12. The summed E-state index contributed by atoms with van der Waals surface area (Å²) >= 11 is 6.75. The third-order valence-electron chi connectivity index (χ3n) is 1.70. The average molecular weight is 266 g/mol. The van der Waals surface area contributed by atoms with E-state index < -0.39 is 10.0 Å². The van der Waals surface area contributed by atoms with Gasteiger partial charge in [0, 0.05) is 16.5 Å². The van der Waals surface area contributed by atoms with Gasteiger partial charge in [-0.1, -0.05) is 25.1 Å². The highest BCUT2D eigenvalue weighted by Crippen LogP contribution is 2.21. The summed E-state index contributed by atoms with van der Waals surface area (Å²) in [6.45, 7) is 5.46. The lowest BCUT2D eigenvalue weighted by molar-refractivity contribution is 0.587. The molecule has 0 spiro atoms. The molecule has 1 rings (SSSR count). The highest BCUT2D eigenvalue weighted by atomic mass is 35.5. The Balaban J connectivity index is 2.81. The van der Waals surface area contributed by atoms with E-state index in [0.717, 1.165) is 11.3 Å². The fourth-order valence-electron chi connectivity index (χ4n) is 0.937. The van der Waals surface area contributed by atoms with E-state index in [1.807, 2.05) is 13.0 Å². The van der Waals surface area contributed by atoms with Crippen molar-refractivity contribution in [2.45, 2.75) is 17.6 Å². The molecule has 0 bridgehead atoms. The van der Waals surface area contributed by atoms with Gasteiger partial charge in [-0.2, -0.15) is 0 Å². The van der Waals surface area contributed by atoms with Crippen LogP contribution in [0.3, 0.4) is 0 Å². The molecular formula is C9H12ClNO2S2. The van der Waals surface area contributed by atoms with Crippen LogP contribution >= 0.6 is 22.9 Å². The number of rotatable bonds is 5. The maximum absolute atomic E-state index is 11.7. The van der Waals surface area contributed by atoms with Gasteiger partial charge in [-0.15, -0.1) is 11.3 Å². The van der Waals surface area contributed by atoms with Crippen molar-refractivity contribution in [1.29, 1.82) is 0 Å². The van der Waals surface area contributed by atoms with Crippen molar-refractivity contribution in [3.05, 3.63) is 28.6 Å². The summed E-state index contributed by atoms with van der Waals surface area (Å²) in [5.41, 5.74) is 0. The molecule has 1 N–H and O–H groups in total. The van der Waals surface area contributed by atoms with E-state index >= 15 is 0 Å². The Bertz CT molecular complexity index is 450. The molecule has 6 heteroatoms. The molecule has 1 heterocycles. The van der Waals surface area contributed by atoms with Gasteiger partial charge < -0.3 is 0 Å². The number of aryl methyl sites for hydroxylation is 1. The molecule has 0 radical (unpaired) electrons. The van der Waals surface area contributed by atoms with E-state index in [1.165, 1.54) is 11.3 Å². The lowest BCUT2D eigenvalue weighted by Crippen LogP contribution is -2.23. The minimum atomic E-state index is -3.42. The van der Waals surface area contributed by atoms with E-state index in [0.29, 0.717) is 4.21 Å². The monoisotopic (exact) mass is 265 g/mol. The number of nitrogens with one attached hydrogen (secondary N) is 1. The largest absolute Gasteiger partial charge is 0.250 e. The molecule has 0 unspecified atom stereocenters. The molecule has 0 aliphatic rings. The van der Waals surface area contributed by atoms with Crippen LogP contribution in [-0.2, 0) is 16.4 Å². The molecule has 0 amide bonds. The van der Waals surface area contributed by atoms with Gasteiger partial charge in [-0.3, -0.25) is 0 Å². The van der Waals surface area contributed by atoms with Crippen molar-refractivity contribution in [2.24, 2.45) is 0 Å². The van der Waals surface area contributed by atoms with E-state index in [-0.39, 0.29) is 11.6 Å². The first-order chi connectivity index (χ1) is 6.95. The highest BCUT2D eigenvalue weighted by Gasteiger charge is 2.15. The van der Waals surface area contributed by atoms with Gasteiger partial charge in [0.2, 0.25) is 10.0 Å². The van der Waals surface area contributed by atoms with Gasteiger partial charge >= 0.3 is 0 Å². The molecule has 0 fully saturated rings. The maximum atomic E-state index is 11.7. The van der Waals surface area contributed by atoms with E-state index in [1.54, 1.807) is 6.07 Å². The topological polar surface area (TPSA) is 46.2 Å². The van der Waals surface area contributed by atoms with Crippen LogP contribution in [0, 0.1) is 0 Å². The molecule has 0 atom stereocenters. The highest BCUT2D eigenvalue weighted by molar-refractivity contribution is 7.91. The van der Waals surface area contributed by atoms with Crippen molar-refractivity contribution in [1.82, 2.24) is 4.72 Å². The van der Waals surface area contributed by atoms with Gasteiger partial charge in [0.05, 0.1) is 0 Å². The zero-order valence-corrected chi connectivity index (χ0v) is 10.7. The third kappa shape index (κ3) is 3.61. The third-order valence-corrected chi connectivity index (χ3v) is 4.96. The molecule has 0 saturated heterocycles. The summed E-state index contributed by atoms with van der Waals surface area (Å²) < 4.78 is 26.0. The number of hydrogen-bond donors (Lipinski definition) is 1. The van der Waals surface area contributed by atoms with Crippen LogP contribution in [0.25, 0.3) is 0 Å². The Hall–Kier alpha value is -0.360. The van der Waals surface area contributed by atoms with Gasteiger partial charge in [-0.05, 0) is 18.6 Å². The second-order valence-electron chi connectivity index (χ2n) is 2.92. The first-order valence-corrected chi connectivity index (χ1v) is 7.05. The minimum Gasteiger partial charge on any atom is -0.206 e. The Kier molecular flexibility index (Phi) is 4.33. The Labute approximate surface area is 98.8 Å². The SMILES string of the molecule is C=C(Cl)CNS(=O)(=O)c1ccc(CC)s1. The summed E-state index contributed by atoms with van der Waals surface area (Å²) in [7, 11) is -3.42. The van der Waals surface area contributed by atoms with Crippen LogP contribution in [-0.4, -0.2) is 15.0 Å². The van der Waals surface area contributed by atoms with Crippen LogP contribution in [0.2, 0.25) is 0 Å². The van der Waals surface area contributed by atoms with Gasteiger partial charge in [-0.25, -0.2) is 13.1 Å². The second-order valence-corrected chi connectivity index (χ2v) is 6.61. The van der Waals surface area contributed by atoms with Crippen molar-refractivity contribution >= 4 is 33.0 Å². The zero-order valence-electron chi connectivity index (χ0n) is 8.29. The molecule has 1 aromatic heterocycles. The molecule has 15 heavy (non-hydrogen) atoms. The molecule has 0 aromatic carbocycles. The molecule has 84 valence electrons. The zero-order chi connectivity index (χ0) is 11.5. The van der Waals surface area contributed by atoms with E-state index in [9.17, 15) is 8.42 Å². The predicted molar refractivity (Wildman–Crippen MR) is 63.9 cm³/mol. The number of thiophene rings is 1. The molecule has 1 aromatic rings. The Morgan fingerprint density at radius 2 is 2.27 bits per heavy atom. The maximum Gasteiger partial charge on any atom is 0.250 e. The normalized spacial score (nSPS) is 11.6. The Morgan fingerprint density at radius 3 is 2.73 bits per heavy atom. The molecule has 0 aliphatic carbocycles. The van der Waals surface area contributed by atoms with Crippen LogP contribution < -0.4 is 4.72 Å². The summed E-state index contributed by atoms with van der Waals surface area (Å²) in [6, 6.07) is 3.41. The van der Waals surface area contributed by atoms with Crippen LogP contribution in [0.15, 0.2) is 28.0 Å². The number of hydrogen-bond acceptors (Lipinski definition) is 3. The quantitative estimate of drug-likeness (QED) is 0.888. The molecule has 3 nitrogen and oxygen atoms in total. The van der Waals surface area contributed by atoms with Gasteiger partial charge in [0.25, 0.3) is 0 Å². The summed E-state index contributed by atoms with van der Waals surface area (Å²) in [5, 5.41) is 0.269. The molecular weight excluding hydrogens is 254 g/mol. The van der Waals surface area contributed by atoms with Crippen LogP contribution in [0.4, 0.5) is 0 Å². The fourth-order valence-corrected chi connectivity index (χ4v) is 3.45. The number of halogens is 1. The standard InChI is InChI=1S/C9H12ClNO2S2/c1-3-8-4-5-9(14-8)15(12,13)11-6-7(2)10/h4-5,11H,2-3,6H2,1H3. The first-order valence-electron chi connectivity index (χ1n) is 4.37. The molecule has 0 saturated carbocycles. The van der Waals surface area contributed by atoms with E-state index in [4.69, 9.17) is 11.6 Å². The molecule has 0 aliphatic heterocycles. The van der Waals surface area contributed by atoms with Crippen molar-refractivity contribution in [3.8, 4) is 0 Å². The van der Waals surface area contributed by atoms with Crippen molar-refractivity contribution in [2.75, 3.05) is 6.54 Å². The minimum absolute atomic E-state index is 0.0588. The van der Waals surface area contributed by atoms with E-state index in [2.05, 4.69) is 11.3 Å².